The molecule has 72 valence electrons. The highest BCUT2D eigenvalue weighted by molar-refractivity contribution is 9.10. The Kier molecular flexibility index (Phi) is 3.01. The zero-order valence-electron chi connectivity index (χ0n) is 7.66. The highest BCUT2D eigenvalue weighted by Gasteiger charge is 2.21. The van der Waals surface area contributed by atoms with Crippen LogP contribution >= 0.6 is 27.3 Å². The second kappa shape index (κ2) is 4.07. The lowest BCUT2D eigenvalue weighted by molar-refractivity contribution is 0.250. The number of nitrogens with zero attached hydrogens (tertiary/aromatic N) is 2. The average molecular weight is 261 g/mol. The standard InChI is InChI=1S/C9H13BrN2S/c1-12-4-2-3-7(5-12)9-11-8(10)6-13-9/h6-7H,2-5H2,1H3. The topological polar surface area (TPSA) is 16.1 Å². The van der Waals surface area contributed by atoms with E-state index in [9.17, 15) is 0 Å². The van der Waals surface area contributed by atoms with Crippen molar-refractivity contribution in [1.29, 1.82) is 0 Å². The Balaban J connectivity index is 2.08. The van der Waals surface area contributed by atoms with Gasteiger partial charge in [0.25, 0.3) is 0 Å². The molecule has 0 saturated carbocycles. The summed E-state index contributed by atoms with van der Waals surface area (Å²) in [6, 6.07) is 0. The highest BCUT2D eigenvalue weighted by Crippen LogP contribution is 2.29. The fraction of sp³-hybridized carbons (Fsp3) is 0.667. The van der Waals surface area contributed by atoms with E-state index in [4.69, 9.17) is 0 Å². The monoisotopic (exact) mass is 260 g/mol. The lowest BCUT2D eigenvalue weighted by atomic mass is 9.99. The molecule has 4 heteroatoms. The molecule has 2 heterocycles. The fourth-order valence-corrected chi connectivity index (χ4v) is 3.22. The van der Waals surface area contributed by atoms with Crippen LogP contribution < -0.4 is 0 Å². The largest absolute Gasteiger partial charge is 0.306 e. The molecular weight excluding hydrogens is 248 g/mol. The Morgan fingerprint density at radius 1 is 1.69 bits per heavy atom. The minimum absolute atomic E-state index is 0.662. The molecule has 1 aliphatic rings. The Labute approximate surface area is 91.1 Å². The van der Waals surface area contributed by atoms with Crippen LogP contribution in [0.25, 0.3) is 0 Å². The molecule has 1 fully saturated rings. The summed E-state index contributed by atoms with van der Waals surface area (Å²) in [5.41, 5.74) is 0. The quantitative estimate of drug-likeness (QED) is 0.772. The van der Waals surface area contributed by atoms with E-state index in [1.165, 1.54) is 30.9 Å². The van der Waals surface area contributed by atoms with E-state index in [1.807, 2.05) is 0 Å². The van der Waals surface area contributed by atoms with Gasteiger partial charge >= 0.3 is 0 Å². The van der Waals surface area contributed by atoms with E-state index in [2.05, 4.69) is 38.2 Å². The van der Waals surface area contributed by atoms with Crippen LogP contribution in [0.3, 0.4) is 0 Å². The van der Waals surface area contributed by atoms with Crippen LogP contribution in [0.2, 0.25) is 0 Å². The van der Waals surface area contributed by atoms with E-state index in [1.54, 1.807) is 11.3 Å². The fourth-order valence-electron chi connectivity index (χ4n) is 1.82. The first-order chi connectivity index (χ1) is 6.25. The van der Waals surface area contributed by atoms with Gasteiger partial charge in [0.15, 0.2) is 0 Å². The number of thiazole rings is 1. The van der Waals surface area contributed by atoms with Crippen molar-refractivity contribution >= 4 is 27.3 Å². The van der Waals surface area contributed by atoms with Gasteiger partial charge in [-0.15, -0.1) is 11.3 Å². The van der Waals surface area contributed by atoms with Crippen LogP contribution in [0.1, 0.15) is 23.8 Å². The van der Waals surface area contributed by atoms with E-state index < -0.39 is 0 Å². The molecule has 1 unspecified atom stereocenters. The van der Waals surface area contributed by atoms with Gasteiger partial charge in [0.05, 0.1) is 5.01 Å². The van der Waals surface area contributed by atoms with Crippen molar-refractivity contribution in [1.82, 2.24) is 9.88 Å². The normalized spacial score (nSPS) is 24.9. The van der Waals surface area contributed by atoms with Gasteiger partial charge in [-0.25, -0.2) is 4.98 Å². The van der Waals surface area contributed by atoms with Crippen LogP contribution in [-0.2, 0) is 0 Å². The van der Waals surface area contributed by atoms with Crippen molar-refractivity contribution in [2.45, 2.75) is 18.8 Å². The maximum atomic E-state index is 4.48. The van der Waals surface area contributed by atoms with Gasteiger partial charge in [-0.05, 0) is 42.4 Å². The van der Waals surface area contributed by atoms with Crippen molar-refractivity contribution in [3.63, 3.8) is 0 Å². The predicted molar refractivity (Wildman–Crippen MR) is 59.3 cm³/mol. The summed E-state index contributed by atoms with van der Waals surface area (Å²) in [5.74, 6) is 0.662. The van der Waals surface area contributed by atoms with Crippen molar-refractivity contribution in [2.24, 2.45) is 0 Å². The minimum Gasteiger partial charge on any atom is -0.306 e. The molecule has 0 bridgehead atoms. The molecule has 0 amide bonds. The Morgan fingerprint density at radius 3 is 3.15 bits per heavy atom. The first kappa shape index (κ1) is 9.62. The molecule has 1 aromatic heterocycles. The van der Waals surface area contributed by atoms with Crippen LogP contribution in [-0.4, -0.2) is 30.0 Å². The molecule has 13 heavy (non-hydrogen) atoms. The number of halogens is 1. The van der Waals surface area contributed by atoms with Crippen molar-refractivity contribution in [3.8, 4) is 0 Å². The number of likely N-dealkylation sites (N-methyl/N-ethyl adjacent to an activating group) is 1. The predicted octanol–water partition coefficient (Wildman–Crippen LogP) is 2.71. The zero-order chi connectivity index (χ0) is 9.26. The van der Waals surface area contributed by atoms with E-state index in [0.717, 1.165) is 4.60 Å². The number of hydrogen-bond acceptors (Lipinski definition) is 3. The molecule has 0 aromatic carbocycles. The third-order valence-electron chi connectivity index (χ3n) is 2.47. The summed E-state index contributed by atoms with van der Waals surface area (Å²) in [7, 11) is 2.19. The summed E-state index contributed by atoms with van der Waals surface area (Å²) >= 11 is 5.17. The van der Waals surface area contributed by atoms with Gasteiger partial charge in [0, 0.05) is 17.8 Å². The zero-order valence-corrected chi connectivity index (χ0v) is 10.1. The van der Waals surface area contributed by atoms with E-state index >= 15 is 0 Å². The molecular formula is C9H13BrN2S. The number of likely N-dealkylation sites (tertiary alicyclic amines) is 1. The second-order valence-corrected chi connectivity index (χ2v) is 5.31. The van der Waals surface area contributed by atoms with Gasteiger partial charge in [-0.3, -0.25) is 0 Å². The van der Waals surface area contributed by atoms with E-state index in [-0.39, 0.29) is 0 Å². The summed E-state index contributed by atoms with van der Waals surface area (Å²) < 4.78 is 0.987. The number of rotatable bonds is 1. The Bertz CT molecular complexity index is 287. The Morgan fingerprint density at radius 2 is 2.54 bits per heavy atom. The van der Waals surface area contributed by atoms with Crippen molar-refractivity contribution in [2.75, 3.05) is 20.1 Å². The number of aromatic nitrogens is 1. The van der Waals surface area contributed by atoms with Gasteiger partial charge in [0.2, 0.25) is 0 Å². The second-order valence-electron chi connectivity index (χ2n) is 3.61. The number of hydrogen-bond donors (Lipinski definition) is 0. The van der Waals surface area contributed by atoms with Crippen molar-refractivity contribution in [3.05, 3.63) is 15.0 Å². The molecule has 1 aliphatic heterocycles. The van der Waals surface area contributed by atoms with Crippen LogP contribution in [0.15, 0.2) is 9.98 Å². The lowest BCUT2D eigenvalue weighted by Crippen LogP contribution is -2.30. The maximum absolute atomic E-state index is 4.48. The summed E-state index contributed by atoms with van der Waals surface area (Å²) in [6.07, 6.45) is 2.60. The van der Waals surface area contributed by atoms with Crippen LogP contribution in [0, 0.1) is 0 Å². The first-order valence-electron chi connectivity index (χ1n) is 4.55. The summed E-state index contributed by atoms with van der Waals surface area (Å²) in [4.78, 5) is 6.87. The molecule has 0 radical (unpaired) electrons. The minimum atomic E-state index is 0.662. The van der Waals surface area contributed by atoms with Gasteiger partial charge in [-0.2, -0.15) is 0 Å². The molecule has 1 saturated heterocycles. The third kappa shape index (κ3) is 2.30. The summed E-state index contributed by atoms with van der Waals surface area (Å²) in [6.45, 7) is 2.41. The van der Waals surface area contributed by atoms with Gasteiger partial charge < -0.3 is 4.90 Å². The maximum Gasteiger partial charge on any atom is 0.117 e. The van der Waals surface area contributed by atoms with Crippen molar-refractivity contribution < 1.29 is 0 Å². The van der Waals surface area contributed by atoms with Gasteiger partial charge in [0.1, 0.15) is 4.60 Å². The highest BCUT2D eigenvalue weighted by atomic mass is 79.9. The molecule has 1 atom stereocenters. The Hall–Kier alpha value is 0.0700. The molecule has 2 rings (SSSR count). The summed E-state index contributed by atoms with van der Waals surface area (Å²) in [5, 5.41) is 3.36. The SMILES string of the molecule is CN1CCCC(c2nc(Br)cs2)C1. The van der Waals surface area contributed by atoms with Crippen LogP contribution in [0.5, 0.6) is 0 Å². The molecule has 0 aliphatic carbocycles. The molecule has 0 N–H and O–H groups in total. The molecule has 2 nitrogen and oxygen atoms in total. The lowest BCUT2D eigenvalue weighted by Gasteiger charge is -2.28. The molecule has 1 aromatic rings. The number of piperidine rings is 1. The van der Waals surface area contributed by atoms with Gasteiger partial charge in [-0.1, -0.05) is 0 Å². The van der Waals surface area contributed by atoms with E-state index in [0.29, 0.717) is 5.92 Å². The molecule has 0 spiro atoms. The first-order valence-corrected chi connectivity index (χ1v) is 6.22. The smallest absolute Gasteiger partial charge is 0.117 e. The average Bonchev–Trinajstić information content (AvgIpc) is 2.52. The third-order valence-corrected chi connectivity index (χ3v) is 4.18. The van der Waals surface area contributed by atoms with Crippen LogP contribution in [0.4, 0.5) is 0 Å².